The molecule has 2 aromatic rings. The van der Waals surface area contributed by atoms with E-state index in [9.17, 15) is 18.5 Å². The van der Waals surface area contributed by atoms with Gasteiger partial charge in [-0.1, -0.05) is 0 Å². The van der Waals surface area contributed by atoms with E-state index in [0.29, 0.717) is 26.1 Å². The number of hydrogen-bond acceptors (Lipinski definition) is 6. The zero-order valence-corrected chi connectivity index (χ0v) is 13.1. The van der Waals surface area contributed by atoms with E-state index in [0.717, 1.165) is 0 Å². The van der Waals surface area contributed by atoms with Crippen LogP contribution in [-0.4, -0.2) is 42.3 Å². The molecule has 3 rings (SSSR count). The summed E-state index contributed by atoms with van der Waals surface area (Å²) < 4.78 is 27.1. The first kappa shape index (κ1) is 15.8. The molecule has 0 aliphatic carbocycles. The maximum atomic E-state index is 12.9. The number of nitrogens with two attached hydrogens (primary N) is 1. The van der Waals surface area contributed by atoms with Gasteiger partial charge in [0.15, 0.2) is 0 Å². The monoisotopic (exact) mass is 336 g/mol. The highest BCUT2D eigenvalue weighted by Gasteiger charge is 2.34. The summed E-state index contributed by atoms with van der Waals surface area (Å²) in [6, 6.07) is 5.53. The lowest BCUT2D eigenvalue weighted by Crippen LogP contribution is -2.30. The fourth-order valence-corrected chi connectivity index (χ4v) is 4.52. The van der Waals surface area contributed by atoms with E-state index in [4.69, 9.17) is 5.73 Å². The van der Waals surface area contributed by atoms with Gasteiger partial charge in [0, 0.05) is 25.4 Å². The largest absolute Gasteiger partial charge is 0.330 e. The molecule has 23 heavy (non-hydrogen) atoms. The fourth-order valence-electron chi connectivity index (χ4n) is 2.85. The smallest absolute Gasteiger partial charge is 0.278 e. The second-order valence-electron chi connectivity index (χ2n) is 5.49. The zero-order valence-electron chi connectivity index (χ0n) is 12.3. The Morgan fingerprint density at radius 1 is 1.39 bits per heavy atom. The topological polar surface area (TPSA) is 119 Å². The molecule has 0 bridgehead atoms. The number of pyridine rings is 1. The normalized spacial score (nSPS) is 19.3. The summed E-state index contributed by atoms with van der Waals surface area (Å²) in [5, 5.41) is 11.3. The van der Waals surface area contributed by atoms with E-state index in [2.05, 4.69) is 4.98 Å². The average molecular weight is 336 g/mol. The van der Waals surface area contributed by atoms with Crippen molar-refractivity contribution < 1.29 is 13.3 Å². The predicted molar refractivity (Wildman–Crippen MR) is 84.3 cm³/mol. The van der Waals surface area contributed by atoms with Crippen LogP contribution in [0.3, 0.4) is 0 Å². The molecule has 1 aliphatic heterocycles. The Morgan fingerprint density at radius 3 is 2.83 bits per heavy atom. The van der Waals surface area contributed by atoms with E-state index < -0.39 is 14.9 Å². The van der Waals surface area contributed by atoms with Crippen LogP contribution in [0.5, 0.6) is 0 Å². The van der Waals surface area contributed by atoms with Gasteiger partial charge >= 0.3 is 0 Å². The van der Waals surface area contributed by atoms with Crippen molar-refractivity contribution in [2.24, 2.45) is 11.7 Å². The zero-order chi connectivity index (χ0) is 16.6. The Hall–Kier alpha value is -2.10. The van der Waals surface area contributed by atoms with Gasteiger partial charge in [0.2, 0.25) is 10.0 Å². The number of rotatable bonds is 4. The van der Waals surface area contributed by atoms with Gasteiger partial charge in [0.25, 0.3) is 5.69 Å². The van der Waals surface area contributed by atoms with E-state index in [1.54, 1.807) is 6.07 Å². The van der Waals surface area contributed by atoms with Crippen molar-refractivity contribution in [1.82, 2.24) is 9.29 Å². The molecule has 1 aromatic heterocycles. The number of fused-ring (bicyclic) bond motifs is 1. The van der Waals surface area contributed by atoms with Crippen LogP contribution >= 0.6 is 0 Å². The van der Waals surface area contributed by atoms with Crippen molar-refractivity contribution in [3.8, 4) is 0 Å². The van der Waals surface area contributed by atoms with Crippen LogP contribution < -0.4 is 5.73 Å². The number of benzene rings is 1. The van der Waals surface area contributed by atoms with E-state index >= 15 is 0 Å². The average Bonchev–Trinajstić information content (AvgIpc) is 3.03. The maximum absolute atomic E-state index is 12.9. The highest BCUT2D eigenvalue weighted by atomic mass is 32.2. The lowest BCUT2D eigenvalue weighted by Gasteiger charge is -2.17. The Morgan fingerprint density at radius 2 is 2.17 bits per heavy atom. The molecule has 1 aliphatic rings. The van der Waals surface area contributed by atoms with Crippen LogP contribution in [0.25, 0.3) is 10.9 Å². The molecule has 122 valence electrons. The standard InChI is InChI=1S/C14H16N4O4S/c15-8-10-5-7-17(9-10)23(21,22)13-4-3-12(18(19)20)11-2-1-6-16-14(11)13/h1-4,6,10H,5,7-9,15H2. The maximum Gasteiger partial charge on any atom is 0.278 e. The van der Waals surface area contributed by atoms with Crippen molar-refractivity contribution in [2.45, 2.75) is 11.3 Å². The highest BCUT2D eigenvalue weighted by molar-refractivity contribution is 7.89. The predicted octanol–water partition coefficient (Wildman–Crippen LogP) is 1.11. The Kier molecular flexibility index (Phi) is 4.00. The SMILES string of the molecule is NCC1CCN(S(=O)(=O)c2ccc([N+](=O)[O-])c3cccnc23)C1. The van der Waals surface area contributed by atoms with Crippen molar-refractivity contribution in [2.75, 3.05) is 19.6 Å². The summed E-state index contributed by atoms with van der Waals surface area (Å²) in [7, 11) is -3.76. The van der Waals surface area contributed by atoms with Gasteiger partial charge in [0.05, 0.1) is 15.8 Å². The Labute approximate surface area is 133 Å². The van der Waals surface area contributed by atoms with Gasteiger partial charge in [-0.25, -0.2) is 8.42 Å². The van der Waals surface area contributed by atoms with E-state index in [-0.39, 0.29) is 27.4 Å². The van der Waals surface area contributed by atoms with Gasteiger partial charge < -0.3 is 5.73 Å². The number of hydrogen-bond donors (Lipinski definition) is 1. The third kappa shape index (κ3) is 2.67. The molecule has 1 aromatic carbocycles. The van der Waals surface area contributed by atoms with Gasteiger partial charge in [-0.3, -0.25) is 15.1 Å². The first-order valence-electron chi connectivity index (χ1n) is 7.17. The fraction of sp³-hybridized carbons (Fsp3) is 0.357. The number of non-ortho nitro benzene ring substituents is 1. The quantitative estimate of drug-likeness (QED) is 0.660. The molecular formula is C14H16N4O4S. The van der Waals surface area contributed by atoms with Gasteiger partial charge in [0.1, 0.15) is 4.90 Å². The minimum atomic E-state index is -3.76. The lowest BCUT2D eigenvalue weighted by molar-refractivity contribution is -0.383. The third-order valence-corrected chi connectivity index (χ3v) is 6.00. The number of sulfonamides is 1. The second kappa shape index (κ2) is 5.84. The molecule has 1 saturated heterocycles. The van der Waals surface area contributed by atoms with Crippen molar-refractivity contribution in [3.05, 3.63) is 40.6 Å². The molecule has 2 heterocycles. The van der Waals surface area contributed by atoms with Gasteiger partial charge in [-0.15, -0.1) is 0 Å². The molecule has 1 unspecified atom stereocenters. The molecule has 1 atom stereocenters. The van der Waals surface area contributed by atoms with Crippen molar-refractivity contribution >= 4 is 26.6 Å². The third-order valence-electron chi connectivity index (χ3n) is 4.11. The van der Waals surface area contributed by atoms with Crippen LogP contribution in [0.15, 0.2) is 35.4 Å². The minimum absolute atomic E-state index is 0.00336. The molecule has 0 amide bonds. The summed E-state index contributed by atoms with van der Waals surface area (Å²) in [5.74, 6) is 0.141. The minimum Gasteiger partial charge on any atom is -0.330 e. The van der Waals surface area contributed by atoms with Crippen LogP contribution in [0.1, 0.15) is 6.42 Å². The molecule has 0 spiro atoms. The molecule has 8 nitrogen and oxygen atoms in total. The summed E-state index contributed by atoms with van der Waals surface area (Å²) in [4.78, 5) is 14.6. The summed E-state index contributed by atoms with van der Waals surface area (Å²) in [6.07, 6.45) is 2.14. The van der Waals surface area contributed by atoms with Crippen LogP contribution in [0.2, 0.25) is 0 Å². The number of nitro groups is 1. The summed E-state index contributed by atoms with van der Waals surface area (Å²) in [5.41, 5.74) is 5.58. The number of nitro benzene ring substituents is 1. The number of nitrogens with zero attached hydrogens (tertiary/aromatic N) is 3. The van der Waals surface area contributed by atoms with Crippen molar-refractivity contribution in [3.63, 3.8) is 0 Å². The first-order chi connectivity index (χ1) is 10.9. The first-order valence-corrected chi connectivity index (χ1v) is 8.61. The Balaban J connectivity index is 2.14. The summed E-state index contributed by atoms with van der Waals surface area (Å²) >= 11 is 0. The van der Waals surface area contributed by atoms with Crippen molar-refractivity contribution in [1.29, 1.82) is 0 Å². The molecule has 0 radical (unpaired) electrons. The highest BCUT2D eigenvalue weighted by Crippen LogP contribution is 2.32. The number of aromatic nitrogens is 1. The molecule has 9 heteroatoms. The van der Waals surface area contributed by atoms with E-state index in [1.165, 1.54) is 28.7 Å². The molecule has 0 saturated carbocycles. The van der Waals surface area contributed by atoms with Crippen LogP contribution in [0.4, 0.5) is 5.69 Å². The lowest BCUT2D eigenvalue weighted by atomic mass is 10.1. The van der Waals surface area contributed by atoms with Crippen LogP contribution in [-0.2, 0) is 10.0 Å². The van der Waals surface area contributed by atoms with Crippen LogP contribution in [0, 0.1) is 16.0 Å². The molecule has 2 N–H and O–H groups in total. The van der Waals surface area contributed by atoms with Gasteiger partial charge in [-0.05, 0) is 37.1 Å². The summed E-state index contributed by atoms with van der Waals surface area (Å²) in [6.45, 7) is 1.20. The molecular weight excluding hydrogens is 320 g/mol. The molecule has 1 fully saturated rings. The Bertz CT molecular complexity index is 868. The van der Waals surface area contributed by atoms with E-state index in [1.807, 2.05) is 0 Å². The van der Waals surface area contributed by atoms with Gasteiger partial charge in [-0.2, -0.15) is 4.31 Å². The second-order valence-corrected chi connectivity index (χ2v) is 7.40.